The van der Waals surface area contributed by atoms with Gasteiger partial charge in [-0.15, -0.1) is 0 Å². The fourth-order valence-corrected chi connectivity index (χ4v) is 5.29. The summed E-state index contributed by atoms with van der Waals surface area (Å²) in [5, 5.41) is 11.6. The van der Waals surface area contributed by atoms with Crippen molar-refractivity contribution in [2.75, 3.05) is 0 Å². The van der Waals surface area contributed by atoms with Crippen LogP contribution in [0.5, 0.6) is 0 Å². The molecule has 3 nitrogen and oxygen atoms in total. The van der Waals surface area contributed by atoms with E-state index in [4.69, 9.17) is 4.74 Å². The molecule has 4 atom stereocenters. The lowest BCUT2D eigenvalue weighted by molar-refractivity contribution is -0.152. The molecule has 0 spiro atoms. The first-order chi connectivity index (χ1) is 17.0. The van der Waals surface area contributed by atoms with Crippen LogP contribution in [0.25, 0.3) is 5.57 Å². The topological polar surface area (TPSA) is 46.5 Å². The maximum atomic E-state index is 14.0. The zero-order valence-electron chi connectivity index (χ0n) is 20.9. The second-order valence-corrected chi connectivity index (χ2v) is 10.1. The van der Waals surface area contributed by atoms with Gasteiger partial charge in [0.1, 0.15) is 12.2 Å². The average Bonchev–Trinajstić information content (AvgIpc) is 2.88. The number of aliphatic hydroxyl groups excluding tert-OH is 1. The van der Waals surface area contributed by atoms with Crippen molar-refractivity contribution in [3.63, 3.8) is 0 Å². The van der Waals surface area contributed by atoms with Crippen molar-refractivity contribution >= 4 is 11.5 Å². The Morgan fingerprint density at radius 3 is 1.86 bits per heavy atom. The van der Waals surface area contributed by atoms with Gasteiger partial charge in [0.25, 0.3) is 0 Å². The quantitative estimate of drug-likeness (QED) is 0.294. The summed E-state index contributed by atoms with van der Waals surface area (Å²) in [7, 11) is 0. The van der Waals surface area contributed by atoms with E-state index in [1.165, 1.54) is 0 Å². The van der Waals surface area contributed by atoms with E-state index in [2.05, 4.69) is 20.8 Å². The number of hydrogen-bond donors (Lipinski definition) is 1. The molecule has 4 rings (SSSR count). The van der Waals surface area contributed by atoms with Crippen molar-refractivity contribution in [2.45, 2.75) is 52.2 Å². The number of esters is 1. The third-order valence-corrected chi connectivity index (χ3v) is 7.22. The maximum Gasteiger partial charge on any atom is 0.337 e. The van der Waals surface area contributed by atoms with Crippen LogP contribution < -0.4 is 0 Å². The molecule has 1 fully saturated rings. The molecule has 0 radical (unpaired) electrons. The number of carbonyl (C=O) groups excluding carboxylic acids is 1. The largest absolute Gasteiger partial charge is 0.459 e. The van der Waals surface area contributed by atoms with Gasteiger partial charge in [0, 0.05) is 5.57 Å². The van der Waals surface area contributed by atoms with Gasteiger partial charge in [0.15, 0.2) is 0 Å². The molecular formula is C32H36O3. The van der Waals surface area contributed by atoms with Crippen LogP contribution in [0.2, 0.25) is 0 Å². The monoisotopic (exact) mass is 468 g/mol. The number of benzene rings is 3. The van der Waals surface area contributed by atoms with Gasteiger partial charge in [-0.2, -0.15) is 0 Å². The third-order valence-electron chi connectivity index (χ3n) is 7.22. The Kier molecular flexibility index (Phi) is 8.20. The molecule has 3 aromatic rings. The van der Waals surface area contributed by atoms with Gasteiger partial charge in [-0.3, -0.25) is 0 Å². The Bertz CT molecular complexity index is 1080. The van der Waals surface area contributed by atoms with Crippen LogP contribution in [0.3, 0.4) is 0 Å². The number of hydrogen-bond acceptors (Lipinski definition) is 3. The highest BCUT2D eigenvalue weighted by molar-refractivity contribution is 6.03. The molecule has 1 aliphatic rings. The molecule has 3 aromatic carbocycles. The van der Waals surface area contributed by atoms with Crippen LogP contribution in [0.1, 0.15) is 62.8 Å². The summed E-state index contributed by atoms with van der Waals surface area (Å²) in [6.45, 7) is 6.64. The SMILES string of the molecule is CC(C)[C@@H]1CC[C@@H](C)C[C@H]1OC(=O)C(=C(c1ccccc1)c1ccccc1)[C@H](O)c1ccccc1. The zero-order valence-corrected chi connectivity index (χ0v) is 20.9. The molecule has 0 saturated heterocycles. The van der Waals surface area contributed by atoms with Crippen LogP contribution in [-0.2, 0) is 9.53 Å². The van der Waals surface area contributed by atoms with Crippen LogP contribution in [-0.4, -0.2) is 17.2 Å². The molecule has 1 N–H and O–H groups in total. The van der Waals surface area contributed by atoms with Crippen LogP contribution in [0.4, 0.5) is 0 Å². The number of rotatable bonds is 7. The highest BCUT2D eigenvalue weighted by atomic mass is 16.5. The van der Waals surface area contributed by atoms with E-state index in [1.807, 2.05) is 91.0 Å². The zero-order chi connectivity index (χ0) is 24.8. The second kappa shape index (κ2) is 11.5. The minimum absolute atomic E-state index is 0.156. The number of ether oxygens (including phenoxy) is 1. The molecule has 3 heteroatoms. The normalized spacial score (nSPS) is 20.8. The minimum Gasteiger partial charge on any atom is -0.459 e. The Hall–Kier alpha value is -3.17. The predicted molar refractivity (Wildman–Crippen MR) is 142 cm³/mol. The lowest BCUT2D eigenvalue weighted by Crippen LogP contribution is -2.36. The van der Waals surface area contributed by atoms with Crippen molar-refractivity contribution in [1.82, 2.24) is 0 Å². The summed E-state index contributed by atoms with van der Waals surface area (Å²) in [5.41, 5.74) is 3.41. The number of carbonyl (C=O) groups is 1. The summed E-state index contributed by atoms with van der Waals surface area (Å²) < 4.78 is 6.31. The number of aliphatic hydroxyl groups is 1. The lowest BCUT2D eigenvalue weighted by Gasteiger charge is -2.37. The highest BCUT2D eigenvalue weighted by Crippen LogP contribution is 2.39. The van der Waals surface area contributed by atoms with Gasteiger partial charge in [-0.25, -0.2) is 4.79 Å². The minimum atomic E-state index is -1.11. The van der Waals surface area contributed by atoms with E-state index in [9.17, 15) is 9.90 Å². The molecule has 0 aromatic heterocycles. The molecular weight excluding hydrogens is 432 g/mol. The first-order valence-corrected chi connectivity index (χ1v) is 12.7. The van der Waals surface area contributed by atoms with Gasteiger partial charge in [0.2, 0.25) is 0 Å². The Labute approximate surface area is 209 Å². The molecule has 35 heavy (non-hydrogen) atoms. The van der Waals surface area contributed by atoms with E-state index in [0.717, 1.165) is 30.4 Å². The van der Waals surface area contributed by atoms with Crippen molar-refractivity contribution in [3.05, 3.63) is 113 Å². The van der Waals surface area contributed by atoms with E-state index in [1.54, 1.807) is 0 Å². The summed E-state index contributed by atoms with van der Waals surface area (Å²) in [6.07, 6.45) is 1.80. The fourth-order valence-electron chi connectivity index (χ4n) is 5.29. The van der Waals surface area contributed by atoms with Crippen LogP contribution in [0.15, 0.2) is 96.6 Å². The summed E-state index contributed by atoms with van der Waals surface area (Å²) in [4.78, 5) is 14.0. The standard InChI is InChI=1S/C32H36O3/c1-22(2)27-20-19-23(3)21-28(27)35-32(34)30(31(33)26-17-11-6-12-18-26)29(24-13-7-4-8-14-24)25-15-9-5-10-16-25/h4-18,22-23,27-28,31,33H,19-21H2,1-3H3/t23-,27+,28-,31-/m1/s1. The van der Waals surface area contributed by atoms with Gasteiger partial charge in [-0.1, -0.05) is 118 Å². The van der Waals surface area contributed by atoms with E-state index in [-0.39, 0.29) is 11.7 Å². The summed E-state index contributed by atoms with van der Waals surface area (Å²) in [5.74, 6) is 0.822. The molecule has 0 aliphatic heterocycles. The van der Waals surface area contributed by atoms with Crippen molar-refractivity contribution < 1.29 is 14.6 Å². The lowest BCUT2D eigenvalue weighted by atomic mass is 9.75. The highest BCUT2D eigenvalue weighted by Gasteiger charge is 2.36. The van der Waals surface area contributed by atoms with Crippen molar-refractivity contribution in [3.8, 4) is 0 Å². The third kappa shape index (κ3) is 5.91. The van der Waals surface area contributed by atoms with Gasteiger partial charge in [0.05, 0.1) is 5.57 Å². The molecule has 0 amide bonds. The van der Waals surface area contributed by atoms with Crippen LogP contribution >= 0.6 is 0 Å². The first-order valence-electron chi connectivity index (χ1n) is 12.7. The van der Waals surface area contributed by atoms with Crippen molar-refractivity contribution in [2.24, 2.45) is 17.8 Å². The molecule has 1 aliphatic carbocycles. The van der Waals surface area contributed by atoms with E-state index < -0.39 is 12.1 Å². The smallest absolute Gasteiger partial charge is 0.337 e. The Balaban J connectivity index is 1.85. The fraction of sp³-hybridized carbons (Fsp3) is 0.344. The predicted octanol–water partition coefficient (Wildman–Crippen LogP) is 7.23. The molecule has 182 valence electrons. The van der Waals surface area contributed by atoms with Crippen molar-refractivity contribution in [1.29, 1.82) is 0 Å². The molecule has 0 bridgehead atoms. The molecule has 0 heterocycles. The van der Waals surface area contributed by atoms with Gasteiger partial charge < -0.3 is 9.84 Å². The molecule has 1 saturated carbocycles. The van der Waals surface area contributed by atoms with Gasteiger partial charge in [-0.05, 0) is 47.3 Å². The van der Waals surface area contributed by atoms with E-state index >= 15 is 0 Å². The average molecular weight is 469 g/mol. The first kappa shape index (κ1) is 24.9. The summed E-state index contributed by atoms with van der Waals surface area (Å²) in [6, 6.07) is 29.0. The maximum absolute atomic E-state index is 14.0. The molecule has 0 unspecified atom stereocenters. The Morgan fingerprint density at radius 2 is 1.34 bits per heavy atom. The summed E-state index contributed by atoms with van der Waals surface area (Å²) >= 11 is 0. The van der Waals surface area contributed by atoms with Gasteiger partial charge >= 0.3 is 5.97 Å². The Morgan fingerprint density at radius 1 is 0.829 bits per heavy atom. The second-order valence-electron chi connectivity index (χ2n) is 10.1. The van der Waals surface area contributed by atoms with E-state index in [0.29, 0.717) is 28.9 Å². The van der Waals surface area contributed by atoms with Crippen LogP contribution in [0, 0.1) is 17.8 Å².